The summed E-state index contributed by atoms with van der Waals surface area (Å²) in [5.74, 6) is -0.0463. The number of nitrogens with zero attached hydrogens (tertiary/aromatic N) is 1. The molecule has 3 heteroatoms. The number of aryl methyl sites for hydroxylation is 1. The van der Waals surface area contributed by atoms with Crippen LogP contribution in [-0.4, -0.2) is 10.8 Å². The summed E-state index contributed by atoms with van der Waals surface area (Å²) in [6.45, 7) is 3.31. The molecule has 0 atom stereocenters. The Morgan fingerprint density at radius 1 is 1.64 bits per heavy atom. The largest absolute Gasteiger partial charge is 0.398 e. The van der Waals surface area contributed by atoms with Gasteiger partial charge in [-0.25, -0.2) is 0 Å². The van der Waals surface area contributed by atoms with Gasteiger partial charge in [0.25, 0.3) is 0 Å². The molecule has 0 spiro atoms. The third kappa shape index (κ3) is 1.55. The Balaban J connectivity index is 3.20. The van der Waals surface area contributed by atoms with Crippen LogP contribution < -0.4 is 5.73 Å². The number of nitrogens with two attached hydrogens (primary N) is 1. The first-order valence-corrected chi connectivity index (χ1v) is 3.34. The first-order valence-electron chi connectivity index (χ1n) is 3.34. The summed E-state index contributed by atoms with van der Waals surface area (Å²) >= 11 is 0. The van der Waals surface area contributed by atoms with Crippen molar-refractivity contribution >= 4 is 11.5 Å². The van der Waals surface area contributed by atoms with E-state index in [1.54, 1.807) is 6.07 Å². The summed E-state index contributed by atoms with van der Waals surface area (Å²) in [6.07, 6.45) is 1.51. The van der Waals surface area contributed by atoms with Crippen molar-refractivity contribution in [2.24, 2.45) is 0 Å². The number of nitrogen functional groups attached to an aromatic ring is 1. The molecule has 1 heterocycles. The van der Waals surface area contributed by atoms with E-state index in [1.807, 2.05) is 6.92 Å². The van der Waals surface area contributed by atoms with Crippen molar-refractivity contribution in [3.63, 3.8) is 0 Å². The molecule has 0 aliphatic carbocycles. The molecular weight excluding hydrogens is 140 g/mol. The van der Waals surface area contributed by atoms with Crippen LogP contribution in [0.2, 0.25) is 0 Å². The molecule has 3 nitrogen and oxygen atoms in total. The van der Waals surface area contributed by atoms with E-state index in [4.69, 9.17) is 5.73 Å². The van der Waals surface area contributed by atoms with E-state index < -0.39 is 0 Å². The molecule has 0 bridgehead atoms. The molecule has 0 aromatic carbocycles. The standard InChI is InChI=1S/C8H10N2O/c1-5-3-8(9)7(4-10-5)6(2)11/h3-4H,1-2H3,(H2,9,10). The van der Waals surface area contributed by atoms with Crippen LogP contribution in [0.15, 0.2) is 12.3 Å². The van der Waals surface area contributed by atoms with Crippen LogP contribution in [0, 0.1) is 6.92 Å². The zero-order valence-corrected chi connectivity index (χ0v) is 6.59. The van der Waals surface area contributed by atoms with Gasteiger partial charge in [0.2, 0.25) is 0 Å². The van der Waals surface area contributed by atoms with Gasteiger partial charge < -0.3 is 5.73 Å². The Bertz CT molecular complexity index is 294. The van der Waals surface area contributed by atoms with E-state index in [0.717, 1.165) is 5.69 Å². The number of aromatic nitrogens is 1. The van der Waals surface area contributed by atoms with E-state index in [0.29, 0.717) is 11.3 Å². The monoisotopic (exact) mass is 150 g/mol. The minimum Gasteiger partial charge on any atom is -0.398 e. The molecule has 0 fully saturated rings. The van der Waals surface area contributed by atoms with Crippen LogP contribution in [0.1, 0.15) is 23.0 Å². The molecule has 2 N–H and O–H groups in total. The zero-order chi connectivity index (χ0) is 8.43. The van der Waals surface area contributed by atoms with Gasteiger partial charge in [0.15, 0.2) is 5.78 Å². The molecule has 0 saturated heterocycles. The second-order valence-electron chi connectivity index (χ2n) is 2.47. The molecule has 1 aromatic heterocycles. The maximum absolute atomic E-state index is 10.9. The molecule has 0 aliphatic rings. The topological polar surface area (TPSA) is 56.0 Å². The highest BCUT2D eigenvalue weighted by Gasteiger charge is 2.03. The molecule has 1 aromatic rings. The van der Waals surface area contributed by atoms with Crippen molar-refractivity contribution in [2.75, 3.05) is 5.73 Å². The van der Waals surface area contributed by atoms with Crippen LogP contribution in [0.25, 0.3) is 0 Å². The van der Waals surface area contributed by atoms with Gasteiger partial charge in [-0.05, 0) is 19.9 Å². The van der Waals surface area contributed by atoms with E-state index in [1.165, 1.54) is 13.1 Å². The van der Waals surface area contributed by atoms with Gasteiger partial charge in [0.1, 0.15) is 0 Å². The third-order valence-corrected chi connectivity index (χ3v) is 1.45. The lowest BCUT2D eigenvalue weighted by atomic mass is 10.1. The van der Waals surface area contributed by atoms with Crippen LogP contribution in [0.3, 0.4) is 0 Å². The number of pyridine rings is 1. The number of anilines is 1. The molecule has 0 saturated carbocycles. The molecular formula is C8H10N2O. The average Bonchev–Trinajstić information content (AvgIpc) is 1.85. The van der Waals surface area contributed by atoms with Crippen LogP contribution in [0.5, 0.6) is 0 Å². The molecule has 0 unspecified atom stereocenters. The summed E-state index contributed by atoms with van der Waals surface area (Å²) in [6, 6.07) is 1.69. The smallest absolute Gasteiger partial charge is 0.163 e. The van der Waals surface area contributed by atoms with E-state index >= 15 is 0 Å². The zero-order valence-electron chi connectivity index (χ0n) is 6.59. The number of Topliss-reactive ketones (excluding diaryl/α,β-unsaturated/α-hetero) is 1. The average molecular weight is 150 g/mol. The van der Waals surface area contributed by atoms with Crippen molar-refractivity contribution in [3.05, 3.63) is 23.5 Å². The third-order valence-electron chi connectivity index (χ3n) is 1.45. The van der Waals surface area contributed by atoms with Gasteiger partial charge in [-0.15, -0.1) is 0 Å². The molecule has 0 aliphatic heterocycles. The Kier molecular flexibility index (Phi) is 1.89. The molecule has 1 rings (SSSR count). The SMILES string of the molecule is CC(=O)c1cnc(C)cc1N. The number of carbonyl (C=O) groups excluding carboxylic acids is 1. The number of carbonyl (C=O) groups is 1. The van der Waals surface area contributed by atoms with Crippen molar-refractivity contribution in [2.45, 2.75) is 13.8 Å². The first kappa shape index (κ1) is 7.72. The molecule has 0 radical (unpaired) electrons. The molecule has 0 amide bonds. The van der Waals surface area contributed by atoms with Crippen LogP contribution >= 0.6 is 0 Å². The highest BCUT2D eigenvalue weighted by Crippen LogP contribution is 2.11. The number of rotatable bonds is 1. The van der Waals surface area contributed by atoms with Gasteiger partial charge in [0, 0.05) is 17.6 Å². The predicted octanol–water partition coefficient (Wildman–Crippen LogP) is 1.17. The Morgan fingerprint density at radius 2 is 2.27 bits per heavy atom. The van der Waals surface area contributed by atoms with E-state index in [-0.39, 0.29) is 5.78 Å². The van der Waals surface area contributed by atoms with E-state index in [9.17, 15) is 4.79 Å². The quantitative estimate of drug-likeness (QED) is 0.611. The normalized spacial score (nSPS) is 9.64. The molecule has 11 heavy (non-hydrogen) atoms. The number of hydrogen-bond donors (Lipinski definition) is 1. The lowest BCUT2D eigenvalue weighted by Gasteiger charge is -2.00. The number of hydrogen-bond acceptors (Lipinski definition) is 3. The van der Waals surface area contributed by atoms with E-state index in [2.05, 4.69) is 4.98 Å². The summed E-state index contributed by atoms with van der Waals surface area (Å²) in [4.78, 5) is 14.8. The fourth-order valence-electron chi connectivity index (χ4n) is 0.875. The minimum atomic E-state index is -0.0463. The van der Waals surface area contributed by atoms with Gasteiger partial charge in [-0.3, -0.25) is 9.78 Å². The lowest BCUT2D eigenvalue weighted by Crippen LogP contribution is -2.01. The number of ketones is 1. The summed E-state index contributed by atoms with van der Waals surface area (Å²) in [5, 5.41) is 0. The van der Waals surface area contributed by atoms with Crippen molar-refractivity contribution in [1.82, 2.24) is 4.98 Å². The summed E-state index contributed by atoms with van der Waals surface area (Å²) in [5.41, 5.74) is 7.39. The second kappa shape index (κ2) is 2.70. The molecule has 58 valence electrons. The van der Waals surface area contributed by atoms with Crippen molar-refractivity contribution in [3.8, 4) is 0 Å². The van der Waals surface area contributed by atoms with Gasteiger partial charge in [-0.2, -0.15) is 0 Å². The first-order chi connectivity index (χ1) is 5.11. The van der Waals surface area contributed by atoms with Gasteiger partial charge in [0.05, 0.1) is 5.56 Å². The Morgan fingerprint density at radius 3 is 2.73 bits per heavy atom. The maximum atomic E-state index is 10.9. The minimum absolute atomic E-state index is 0.0463. The van der Waals surface area contributed by atoms with Gasteiger partial charge >= 0.3 is 0 Å². The highest BCUT2D eigenvalue weighted by molar-refractivity contribution is 5.98. The fourth-order valence-corrected chi connectivity index (χ4v) is 0.875. The highest BCUT2D eigenvalue weighted by atomic mass is 16.1. The van der Waals surface area contributed by atoms with Crippen molar-refractivity contribution < 1.29 is 4.79 Å². The predicted molar refractivity (Wildman–Crippen MR) is 43.4 cm³/mol. The van der Waals surface area contributed by atoms with Crippen molar-refractivity contribution in [1.29, 1.82) is 0 Å². The van der Waals surface area contributed by atoms with Crippen LogP contribution in [0.4, 0.5) is 5.69 Å². The summed E-state index contributed by atoms with van der Waals surface area (Å²) in [7, 11) is 0. The lowest BCUT2D eigenvalue weighted by molar-refractivity contribution is 0.101. The fraction of sp³-hybridized carbons (Fsp3) is 0.250. The maximum Gasteiger partial charge on any atom is 0.163 e. The van der Waals surface area contributed by atoms with Gasteiger partial charge in [-0.1, -0.05) is 0 Å². The Labute approximate surface area is 65.2 Å². The second-order valence-corrected chi connectivity index (χ2v) is 2.47. The van der Waals surface area contributed by atoms with Crippen LogP contribution in [-0.2, 0) is 0 Å². The summed E-state index contributed by atoms with van der Waals surface area (Å²) < 4.78 is 0. The Hall–Kier alpha value is -1.38.